The summed E-state index contributed by atoms with van der Waals surface area (Å²) in [5, 5.41) is 57.9. The number of rotatable bonds is 14. The second-order valence-corrected chi connectivity index (χ2v) is 11.4. The van der Waals surface area contributed by atoms with Crippen LogP contribution in [0.15, 0.2) is 57.4 Å². The number of anilines is 1. The minimum atomic E-state index is -1.81. The van der Waals surface area contributed by atoms with Gasteiger partial charge >= 0.3 is 63.0 Å². The molecule has 2 heterocycles. The molecular weight excluding hydrogens is 669 g/mol. The average Bonchev–Trinajstić information content (AvgIpc) is 3.04. The van der Waals surface area contributed by atoms with Crippen LogP contribution in [0.25, 0.3) is 17.0 Å². The molecule has 0 bridgehead atoms. The van der Waals surface area contributed by atoms with Gasteiger partial charge in [0.15, 0.2) is 0 Å². The van der Waals surface area contributed by atoms with E-state index in [1.807, 2.05) is 0 Å². The van der Waals surface area contributed by atoms with Crippen molar-refractivity contribution >= 4 is 40.5 Å². The number of amides is 2. The van der Waals surface area contributed by atoms with Gasteiger partial charge in [-0.15, -0.1) is 5.75 Å². The number of nitrogens with one attached hydrogen (secondary N) is 2. The van der Waals surface area contributed by atoms with Gasteiger partial charge in [-0.2, -0.15) is 0 Å². The maximum atomic E-state index is 12.5. The topological polar surface area (TPSA) is 254 Å². The van der Waals surface area contributed by atoms with Crippen LogP contribution in [0.4, 0.5) is 5.69 Å². The van der Waals surface area contributed by atoms with E-state index < -0.39 is 48.1 Å². The van der Waals surface area contributed by atoms with Gasteiger partial charge in [-0.25, -0.2) is 9.59 Å². The summed E-state index contributed by atoms with van der Waals surface area (Å²) in [6, 6.07) is 10.2. The van der Waals surface area contributed by atoms with Gasteiger partial charge in [0.1, 0.15) is 30.0 Å². The van der Waals surface area contributed by atoms with Crippen molar-refractivity contribution in [1.29, 1.82) is 0 Å². The number of aliphatic hydroxyl groups is 3. The van der Waals surface area contributed by atoms with Crippen molar-refractivity contribution < 1.29 is 105 Å². The van der Waals surface area contributed by atoms with E-state index in [4.69, 9.17) is 19.6 Å². The Kier molecular flexibility index (Phi) is 15.2. The number of fused-ring (bicyclic) bond motifs is 1. The first kappa shape index (κ1) is 40.1. The molecule has 15 nitrogen and oxygen atoms in total. The molecule has 0 aliphatic carbocycles. The number of aryl methyl sites for hydroxylation is 1. The van der Waals surface area contributed by atoms with Crippen LogP contribution >= 0.6 is 0 Å². The number of nitrogens with two attached hydrogens (primary N) is 1. The van der Waals surface area contributed by atoms with Gasteiger partial charge < -0.3 is 55.8 Å². The van der Waals surface area contributed by atoms with Crippen molar-refractivity contribution in [2.24, 2.45) is 0 Å². The molecule has 0 saturated carbocycles. The molecule has 5 atom stereocenters. The molecule has 1 aliphatic heterocycles. The van der Waals surface area contributed by atoms with Crippen molar-refractivity contribution in [2.75, 3.05) is 18.8 Å². The van der Waals surface area contributed by atoms with Gasteiger partial charge in [0.2, 0.25) is 23.9 Å². The molecular formula is C33H38KN3O12. The standard InChI is InChI=1S/C33H39N3O12.K/c1-17-21-11-8-19(34)14-23(21)46-32(45)22(17)15-27(39)35-12-4-2-3-5-26(38)36-16-25-28(40)29(41)30(42)33(48-25)47-24(31(43)44)13-18-6-9-20(37)10-7-18;/h6-11,13-14,25,28-30,33,37,40-42H,2-5,12,15-16,34H2,1H3,(H,35,39)(H,36,38)(H,43,44);/q;+1/p-1/b24-13+;/t25-,28+,29+,30-,33-;/m1./s1. The quantitative estimate of drug-likeness (QED) is 0.0221. The maximum absolute atomic E-state index is 12.5. The van der Waals surface area contributed by atoms with E-state index in [-0.39, 0.29) is 93.9 Å². The molecule has 3 aromatic rings. The van der Waals surface area contributed by atoms with E-state index in [9.17, 15) is 44.7 Å². The third-order valence-electron chi connectivity index (χ3n) is 7.85. The summed E-state index contributed by atoms with van der Waals surface area (Å²) in [5.74, 6) is -3.18. The average molecular weight is 708 g/mol. The fourth-order valence-electron chi connectivity index (χ4n) is 5.13. The Morgan fingerprint density at radius 1 is 0.980 bits per heavy atom. The number of hydrogen-bond donors (Lipinski definition) is 7. The molecule has 0 spiro atoms. The number of carbonyl (C=O) groups excluding carboxylic acids is 2. The number of unbranched alkanes of at least 4 members (excludes halogenated alkanes) is 2. The minimum Gasteiger partial charge on any atom is -0.872 e. The molecule has 258 valence electrons. The molecule has 16 heteroatoms. The number of aliphatic carboxylic acids is 1. The summed E-state index contributed by atoms with van der Waals surface area (Å²) in [7, 11) is 0. The number of nitrogen functional groups attached to an aromatic ring is 1. The predicted molar refractivity (Wildman–Crippen MR) is 169 cm³/mol. The first-order chi connectivity index (χ1) is 22.8. The van der Waals surface area contributed by atoms with Crippen LogP contribution in [0.5, 0.6) is 5.75 Å². The molecule has 1 saturated heterocycles. The number of benzene rings is 2. The molecule has 2 amide bonds. The SMILES string of the molecule is Cc1c(CC(=O)NCCCCCC(=O)NC[C@H]2O[C@@H](O/C(=C/c3ccc([O-])cc3)C(=O)O)[C@H](O)[C@@H](O)[C@H]2O)c(=O)oc2cc(N)ccc12.[K+]. The van der Waals surface area contributed by atoms with Crippen LogP contribution in [0.1, 0.15) is 42.4 Å². The maximum Gasteiger partial charge on any atom is 1.00 e. The zero-order chi connectivity index (χ0) is 35.0. The molecule has 4 rings (SSSR count). The van der Waals surface area contributed by atoms with E-state index in [1.165, 1.54) is 24.3 Å². The van der Waals surface area contributed by atoms with E-state index in [2.05, 4.69) is 10.6 Å². The van der Waals surface area contributed by atoms with Gasteiger partial charge in [0.25, 0.3) is 0 Å². The number of hydrogen-bond acceptors (Lipinski definition) is 12. The van der Waals surface area contributed by atoms with Crippen molar-refractivity contribution in [3.8, 4) is 5.75 Å². The summed E-state index contributed by atoms with van der Waals surface area (Å²) >= 11 is 0. The Morgan fingerprint density at radius 3 is 2.39 bits per heavy atom. The molecule has 1 aliphatic rings. The Labute approximate surface area is 323 Å². The van der Waals surface area contributed by atoms with Crippen molar-refractivity contribution in [2.45, 2.75) is 69.7 Å². The normalized spacial score (nSPS) is 20.7. The Hall–Kier alpha value is -3.32. The number of aliphatic hydroxyl groups excluding tert-OH is 3. The van der Waals surface area contributed by atoms with Crippen molar-refractivity contribution in [1.82, 2.24) is 10.6 Å². The molecule has 0 unspecified atom stereocenters. The number of carboxylic acid groups (broad SMARTS) is 1. The fourth-order valence-corrected chi connectivity index (χ4v) is 5.13. The number of carboxylic acids is 1. The molecule has 1 aromatic heterocycles. The first-order valence-corrected chi connectivity index (χ1v) is 15.3. The van der Waals surface area contributed by atoms with Crippen LogP contribution in [0, 0.1) is 6.92 Å². The molecule has 1 fully saturated rings. The zero-order valence-corrected chi connectivity index (χ0v) is 30.2. The largest absolute Gasteiger partial charge is 1.00 e. The van der Waals surface area contributed by atoms with Crippen LogP contribution in [-0.2, 0) is 30.3 Å². The smallest absolute Gasteiger partial charge is 0.872 e. The Balaban J connectivity index is 0.00000650. The summed E-state index contributed by atoms with van der Waals surface area (Å²) in [4.78, 5) is 49.1. The molecule has 2 aromatic carbocycles. The van der Waals surface area contributed by atoms with Crippen LogP contribution in [-0.4, -0.2) is 82.0 Å². The number of ether oxygens (including phenoxy) is 2. The summed E-state index contributed by atoms with van der Waals surface area (Å²) < 4.78 is 16.1. The van der Waals surface area contributed by atoms with Gasteiger partial charge in [0.05, 0.1) is 12.0 Å². The molecule has 49 heavy (non-hydrogen) atoms. The summed E-state index contributed by atoms with van der Waals surface area (Å²) in [6.45, 7) is 1.80. The fraction of sp³-hybridized carbons (Fsp3) is 0.394. The Morgan fingerprint density at radius 2 is 1.69 bits per heavy atom. The van der Waals surface area contributed by atoms with E-state index in [1.54, 1.807) is 25.1 Å². The van der Waals surface area contributed by atoms with Crippen LogP contribution in [0.3, 0.4) is 0 Å². The Bertz CT molecular complexity index is 1710. The van der Waals surface area contributed by atoms with E-state index >= 15 is 0 Å². The molecule has 0 radical (unpaired) electrons. The van der Waals surface area contributed by atoms with E-state index in [0.29, 0.717) is 53.6 Å². The summed E-state index contributed by atoms with van der Waals surface area (Å²) in [6.07, 6.45) is -5.44. The zero-order valence-electron chi connectivity index (χ0n) is 27.1. The third kappa shape index (κ3) is 11.1. The van der Waals surface area contributed by atoms with Gasteiger partial charge in [-0.05, 0) is 49.1 Å². The van der Waals surface area contributed by atoms with E-state index in [0.717, 1.165) is 6.08 Å². The van der Waals surface area contributed by atoms with Gasteiger partial charge in [-0.3, -0.25) is 9.59 Å². The number of carbonyl (C=O) groups is 3. The van der Waals surface area contributed by atoms with Gasteiger partial charge in [0, 0.05) is 36.7 Å². The predicted octanol–water partition coefficient (Wildman–Crippen LogP) is -2.95. The third-order valence-corrected chi connectivity index (χ3v) is 7.85. The molecule has 8 N–H and O–H groups in total. The first-order valence-electron chi connectivity index (χ1n) is 15.3. The van der Waals surface area contributed by atoms with Crippen molar-refractivity contribution in [3.63, 3.8) is 0 Å². The minimum absolute atomic E-state index is 0. The summed E-state index contributed by atoms with van der Waals surface area (Å²) in [5.41, 5.74) is 7.19. The van der Waals surface area contributed by atoms with Crippen LogP contribution in [0.2, 0.25) is 0 Å². The monoisotopic (exact) mass is 707 g/mol. The van der Waals surface area contributed by atoms with Crippen LogP contribution < -0.4 is 78.5 Å². The van der Waals surface area contributed by atoms with Gasteiger partial charge in [-0.1, -0.05) is 30.7 Å². The second-order valence-electron chi connectivity index (χ2n) is 11.4. The van der Waals surface area contributed by atoms with Crippen molar-refractivity contribution in [3.05, 3.63) is 75.3 Å². The second kappa shape index (κ2) is 18.6.